The van der Waals surface area contributed by atoms with Crippen LogP contribution in [0.25, 0.3) is 0 Å². The molecule has 3 rings (SSSR count). The van der Waals surface area contributed by atoms with Crippen molar-refractivity contribution in [2.75, 3.05) is 18.4 Å². The van der Waals surface area contributed by atoms with E-state index in [-0.39, 0.29) is 16.5 Å². The molecule has 0 aliphatic carbocycles. The summed E-state index contributed by atoms with van der Waals surface area (Å²) in [6.45, 7) is 2.88. The van der Waals surface area contributed by atoms with Crippen LogP contribution in [0, 0.1) is 5.41 Å². The number of nitrogens with one attached hydrogen (secondary N) is 2. The summed E-state index contributed by atoms with van der Waals surface area (Å²) in [5.41, 5.74) is 1.70. The first-order valence-corrected chi connectivity index (χ1v) is 8.52. The Balaban J connectivity index is 1.59. The third kappa shape index (κ3) is 4.20. The van der Waals surface area contributed by atoms with Gasteiger partial charge in [0.2, 0.25) is 5.28 Å². The lowest BCUT2D eigenvalue weighted by molar-refractivity contribution is 0.211. The van der Waals surface area contributed by atoms with Crippen LogP contribution in [0.5, 0.6) is 0 Å². The van der Waals surface area contributed by atoms with Crippen LogP contribution < -0.4 is 5.32 Å². The molecular formula is C16H18Cl2N6. The second-order valence-corrected chi connectivity index (χ2v) is 6.44. The number of pyridine rings is 1. The van der Waals surface area contributed by atoms with Crippen LogP contribution in [0.3, 0.4) is 0 Å². The Kier molecular flexibility index (Phi) is 5.60. The van der Waals surface area contributed by atoms with Gasteiger partial charge in [-0.3, -0.25) is 9.88 Å². The molecule has 0 amide bonds. The molecular weight excluding hydrogens is 347 g/mol. The maximum atomic E-state index is 7.48. The minimum Gasteiger partial charge on any atom is -0.367 e. The van der Waals surface area contributed by atoms with Gasteiger partial charge >= 0.3 is 0 Å². The van der Waals surface area contributed by atoms with E-state index in [2.05, 4.69) is 31.2 Å². The number of hydrogen-bond donors (Lipinski definition) is 2. The van der Waals surface area contributed by atoms with Crippen LogP contribution >= 0.6 is 23.2 Å². The second kappa shape index (κ2) is 7.88. The Hall–Kier alpha value is -1.76. The van der Waals surface area contributed by atoms with Crippen molar-refractivity contribution >= 4 is 35.2 Å². The Bertz CT molecular complexity index is 701. The zero-order chi connectivity index (χ0) is 16.9. The highest BCUT2D eigenvalue weighted by molar-refractivity contribution is 6.34. The molecule has 1 saturated heterocycles. The summed E-state index contributed by atoms with van der Waals surface area (Å²) in [5.74, 6) is 0.528. The van der Waals surface area contributed by atoms with Crippen molar-refractivity contribution in [3.63, 3.8) is 0 Å². The number of aromatic nitrogens is 3. The van der Waals surface area contributed by atoms with Crippen LogP contribution in [0.2, 0.25) is 10.4 Å². The Labute approximate surface area is 150 Å². The van der Waals surface area contributed by atoms with Crippen molar-refractivity contribution in [3.8, 4) is 0 Å². The summed E-state index contributed by atoms with van der Waals surface area (Å²) in [4.78, 5) is 14.6. The average molecular weight is 365 g/mol. The summed E-state index contributed by atoms with van der Waals surface area (Å²) in [5, 5.41) is 11.1. The number of piperidine rings is 1. The number of likely N-dealkylation sites (tertiary alicyclic amines) is 1. The highest BCUT2D eigenvalue weighted by Gasteiger charge is 2.21. The van der Waals surface area contributed by atoms with Gasteiger partial charge in [-0.25, -0.2) is 9.97 Å². The minimum absolute atomic E-state index is 0.0853. The van der Waals surface area contributed by atoms with E-state index in [0.29, 0.717) is 11.4 Å². The van der Waals surface area contributed by atoms with Gasteiger partial charge in [-0.2, -0.15) is 0 Å². The van der Waals surface area contributed by atoms with Gasteiger partial charge in [0.05, 0.1) is 5.56 Å². The Morgan fingerprint density at radius 1 is 1.29 bits per heavy atom. The van der Waals surface area contributed by atoms with Crippen molar-refractivity contribution in [3.05, 3.63) is 46.1 Å². The van der Waals surface area contributed by atoms with Crippen LogP contribution in [0.15, 0.2) is 24.5 Å². The summed E-state index contributed by atoms with van der Waals surface area (Å²) in [6.07, 6.45) is 6.82. The van der Waals surface area contributed by atoms with Crippen molar-refractivity contribution in [1.29, 1.82) is 5.41 Å². The van der Waals surface area contributed by atoms with Gasteiger partial charge in [0.1, 0.15) is 11.0 Å². The molecule has 0 unspecified atom stereocenters. The first kappa shape index (κ1) is 17.1. The normalized spacial score (nSPS) is 16.1. The molecule has 6 nitrogen and oxygen atoms in total. The standard InChI is InChI=1S/C16H18Cl2N6/c17-14-13(8-19)15(23-16(18)22-14)21-12-3-6-24(7-4-12)10-11-2-1-5-20-9-11/h1-2,5,8-9,12,19H,3-4,6-7,10H2,(H,21,22,23). The quantitative estimate of drug-likeness (QED) is 0.483. The van der Waals surface area contributed by atoms with E-state index in [4.69, 9.17) is 28.6 Å². The van der Waals surface area contributed by atoms with Crippen molar-refractivity contribution in [2.45, 2.75) is 25.4 Å². The third-order valence-corrected chi connectivity index (χ3v) is 4.53. The van der Waals surface area contributed by atoms with E-state index in [9.17, 15) is 0 Å². The van der Waals surface area contributed by atoms with E-state index in [1.54, 1.807) is 6.20 Å². The molecule has 0 radical (unpaired) electrons. The van der Waals surface area contributed by atoms with Crippen molar-refractivity contribution < 1.29 is 0 Å². The molecule has 3 heterocycles. The molecule has 2 N–H and O–H groups in total. The van der Waals surface area contributed by atoms with Gasteiger partial charge in [0.25, 0.3) is 0 Å². The molecule has 0 spiro atoms. The van der Waals surface area contributed by atoms with E-state index in [1.165, 1.54) is 5.56 Å². The molecule has 2 aromatic rings. The van der Waals surface area contributed by atoms with E-state index >= 15 is 0 Å². The average Bonchev–Trinajstić information content (AvgIpc) is 2.57. The topological polar surface area (TPSA) is 77.8 Å². The summed E-state index contributed by atoms with van der Waals surface area (Å²) in [6, 6.07) is 4.33. The molecule has 0 bridgehead atoms. The van der Waals surface area contributed by atoms with Gasteiger partial charge < -0.3 is 10.7 Å². The van der Waals surface area contributed by atoms with E-state index in [0.717, 1.165) is 38.7 Å². The summed E-state index contributed by atoms with van der Waals surface area (Å²) in [7, 11) is 0. The van der Waals surface area contributed by atoms with Gasteiger partial charge in [-0.05, 0) is 36.1 Å². The molecule has 2 aromatic heterocycles. The van der Waals surface area contributed by atoms with Crippen LogP contribution in [0.1, 0.15) is 24.0 Å². The fourth-order valence-electron chi connectivity index (χ4n) is 2.83. The SMILES string of the molecule is N=Cc1c(Cl)nc(Cl)nc1NC1CCN(Cc2cccnc2)CC1. The molecule has 0 aromatic carbocycles. The number of anilines is 1. The number of rotatable bonds is 5. The maximum absolute atomic E-state index is 7.48. The highest BCUT2D eigenvalue weighted by atomic mass is 35.5. The van der Waals surface area contributed by atoms with Gasteiger partial charge in [-0.1, -0.05) is 17.7 Å². The smallest absolute Gasteiger partial charge is 0.225 e. The Morgan fingerprint density at radius 2 is 2.08 bits per heavy atom. The van der Waals surface area contributed by atoms with Crippen LogP contribution in [0.4, 0.5) is 5.82 Å². The predicted molar refractivity (Wildman–Crippen MR) is 96.1 cm³/mol. The van der Waals surface area contributed by atoms with Gasteiger partial charge in [0, 0.05) is 44.3 Å². The molecule has 126 valence electrons. The molecule has 24 heavy (non-hydrogen) atoms. The number of nitrogens with zero attached hydrogens (tertiary/aromatic N) is 4. The second-order valence-electron chi connectivity index (χ2n) is 5.75. The van der Waals surface area contributed by atoms with Crippen LogP contribution in [-0.4, -0.2) is 45.2 Å². The Morgan fingerprint density at radius 3 is 2.75 bits per heavy atom. The molecule has 1 aliphatic rings. The first-order valence-electron chi connectivity index (χ1n) is 7.77. The summed E-state index contributed by atoms with van der Waals surface area (Å²) >= 11 is 11.9. The molecule has 1 aliphatic heterocycles. The number of hydrogen-bond acceptors (Lipinski definition) is 6. The largest absolute Gasteiger partial charge is 0.367 e. The van der Waals surface area contributed by atoms with Gasteiger partial charge in [0.15, 0.2) is 0 Å². The molecule has 0 atom stereocenters. The number of halogens is 2. The minimum atomic E-state index is 0.0853. The fraction of sp³-hybridized carbons (Fsp3) is 0.375. The van der Waals surface area contributed by atoms with Gasteiger partial charge in [-0.15, -0.1) is 0 Å². The van der Waals surface area contributed by atoms with E-state index in [1.807, 2.05) is 12.3 Å². The van der Waals surface area contributed by atoms with Crippen molar-refractivity contribution in [2.24, 2.45) is 0 Å². The monoisotopic (exact) mass is 364 g/mol. The molecule has 8 heteroatoms. The highest BCUT2D eigenvalue weighted by Crippen LogP contribution is 2.24. The summed E-state index contributed by atoms with van der Waals surface area (Å²) < 4.78 is 0. The molecule has 1 fully saturated rings. The van der Waals surface area contributed by atoms with E-state index < -0.39 is 0 Å². The molecule has 0 saturated carbocycles. The predicted octanol–water partition coefficient (Wildman–Crippen LogP) is 3.25. The zero-order valence-corrected chi connectivity index (χ0v) is 14.6. The first-order chi connectivity index (χ1) is 11.7. The van der Waals surface area contributed by atoms with Crippen molar-refractivity contribution in [1.82, 2.24) is 19.9 Å². The maximum Gasteiger partial charge on any atom is 0.225 e. The lowest BCUT2D eigenvalue weighted by atomic mass is 10.0. The lowest BCUT2D eigenvalue weighted by Crippen LogP contribution is -2.39. The van der Waals surface area contributed by atoms with Crippen LogP contribution in [-0.2, 0) is 6.54 Å². The third-order valence-electron chi connectivity index (χ3n) is 4.07. The lowest BCUT2D eigenvalue weighted by Gasteiger charge is -2.32. The zero-order valence-electron chi connectivity index (χ0n) is 13.0. The fourth-order valence-corrected chi connectivity index (χ4v) is 3.27.